The lowest BCUT2D eigenvalue weighted by Crippen LogP contribution is -2.36. The van der Waals surface area contributed by atoms with E-state index in [9.17, 15) is 4.79 Å². The first-order valence-electron chi connectivity index (χ1n) is 6.03. The summed E-state index contributed by atoms with van der Waals surface area (Å²) in [6.45, 7) is 0.811. The van der Waals surface area contributed by atoms with E-state index in [1.165, 1.54) is 9.10 Å². The molecule has 5 heteroatoms. The van der Waals surface area contributed by atoms with E-state index in [-0.39, 0.29) is 5.91 Å². The molecule has 0 fully saturated rings. The molecule has 0 aliphatic carbocycles. The summed E-state index contributed by atoms with van der Waals surface area (Å²) in [7, 11) is 0. The van der Waals surface area contributed by atoms with Gasteiger partial charge in [-0.3, -0.25) is 4.79 Å². The van der Waals surface area contributed by atoms with Crippen LogP contribution in [0.15, 0.2) is 50.9 Å². The van der Waals surface area contributed by atoms with Gasteiger partial charge in [-0.2, -0.15) is 0 Å². The van der Waals surface area contributed by atoms with Crippen molar-refractivity contribution in [1.82, 2.24) is 0 Å². The standard InChI is InChI=1S/C14H13NOS3/c16-13(10-19-14-6-3-8-18-14)15-7-9-17-12-5-2-1-4-11(12)15/h1-6,8H,7,9-10H2. The van der Waals surface area contributed by atoms with Crippen molar-refractivity contribution in [3.05, 3.63) is 41.8 Å². The maximum absolute atomic E-state index is 12.4. The van der Waals surface area contributed by atoms with E-state index in [0.29, 0.717) is 5.75 Å². The number of benzene rings is 1. The van der Waals surface area contributed by atoms with Gasteiger partial charge < -0.3 is 4.90 Å². The quantitative estimate of drug-likeness (QED) is 0.800. The summed E-state index contributed by atoms with van der Waals surface area (Å²) in [5.41, 5.74) is 1.07. The predicted octanol–water partition coefficient (Wildman–Crippen LogP) is 3.98. The molecule has 1 aliphatic rings. The molecule has 1 aromatic heterocycles. The molecule has 3 rings (SSSR count). The first kappa shape index (κ1) is 13.1. The van der Waals surface area contributed by atoms with Crippen LogP contribution in [0.5, 0.6) is 0 Å². The second-order valence-corrected chi connectivity index (χ2v) is 7.44. The van der Waals surface area contributed by atoms with E-state index in [2.05, 4.69) is 12.1 Å². The smallest absolute Gasteiger partial charge is 0.237 e. The maximum Gasteiger partial charge on any atom is 0.237 e. The van der Waals surface area contributed by atoms with Gasteiger partial charge in [0.25, 0.3) is 0 Å². The fourth-order valence-corrected chi connectivity index (χ4v) is 4.64. The Balaban J connectivity index is 1.71. The van der Waals surface area contributed by atoms with Crippen molar-refractivity contribution in [2.75, 3.05) is 23.0 Å². The predicted molar refractivity (Wildman–Crippen MR) is 84.6 cm³/mol. The van der Waals surface area contributed by atoms with Crippen molar-refractivity contribution in [3.63, 3.8) is 0 Å². The molecule has 2 heterocycles. The number of para-hydroxylation sites is 1. The third-order valence-electron chi connectivity index (χ3n) is 2.86. The van der Waals surface area contributed by atoms with Gasteiger partial charge in [0.2, 0.25) is 5.91 Å². The van der Waals surface area contributed by atoms with Crippen molar-refractivity contribution in [3.8, 4) is 0 Å². The Morgan fingerprint density at radius 1 is 1.26 bits per heavy atom. The minimum atomic E-state index is 0.200. The van der Waals surface area contributed by atoms with Crippen molar-refractivity contribution in [2.24, 2.45) is 0 Å². The Labute approximate surface area is 125 Å². The summed E-state index contributed by atoms with van der Waals surface area (Å²) < 4.78 is 1.20. The van der Waals surface area contributed by atoms with E-state index >= 15 is 0 Å². The van der Waals surface area contributed by atoms with E-state index in [4.69, 9.17) is 0 Å². The zero-order valence-electron chi connectivity index (χ0n) is 10.2. The van der Waals surface area contributed by atoms with E-state index < -0.39 is 0 Å². The first-order valence-corrected chi connectivity index (χ1v) is 8.88. The SMILES string of the molecule is O=C(CSc1cccs1)N1CCSc2ccccc21. The molecule has 1 aromatic carbocycles. The molecule has 2 aromatic rings. The minimum absolute atomic E-state index is 0.200. The zero-order valence-corrected chi connectivity index (χ0v) is 12.7. The molecular formula is C14H13NOS3. The Hall–Kier alpha value is -0.910. The summed E-state index contributed by atoms with van der Waals surface area (Å²) in [5.74, 6) is 1.69. The van der Waals surface area contributed by atoms with Crippen LogP contribution in [0.1, 0.15) is 0 Å². The van der Waals surface area contributed by atoms with Crippen LogP contribution in [0.3, 0.4) is 0 Å². The fraction of sp³-hybridized carbons (Fsp3) is 0.214. The van der Waals surface area contributed by atoms with E-state index in [1.54, 1.807) is 23.1 Å². The van der Waals surface area contributed by atoms with Gasteiger partial charge in [-0.05, 0) is 23.6 Å². The molecule has 0 bridgehead atoms. The van der Waals surface area contributed by atoms with Crippen LogP contribution in [0.25, 0.3) is 0 Å². The number of thioether (sulfide) groups is 2. The van der Waals surface area contributed by atoms with Gasteiger partial charge in [-0.25, -0.2) is 0 Å². The van der Waals surface area contributed by atoms with Gasteiger partial charge in [0, 0.05) is 17.2 Å². The van der Waals surface area contributed by atoms with Crippen LogP contribution in [0.4, 0.5) is 5.69 Å². The van der Waals surface area contributed by atoms with Crippen LogP contribution in [-0.2, 0) is 4.79 Å². The third-order valence-corrected chi connectivity index (χ3v) is 6.02. The zero-order chi connectivity index (χ0) is 13.1. The number of anilines is 1. The molecule has 0 radical (unpaired) electrons. The van der Waals surface area contributed by atoms with Crippen molar-refractivity contribution in [1.29, 1.82) is 0 Å². The monoisotopic (exact) mass is 307 g/mol. The van der Waals surface area contributed by atoms with Crippen LogP contribution in [0.2, 0.25) is 0 Å². The summed E-state index contributed by atoms with van der Waals surface area (Å²) in [6.07, 6.45) is 0. The molecule has 0 saturated heterocycles. The number of nitrogens with zero attached hydrogens (tertiary/aromatic N) is 1. The molecule has 0 unspecified atom stereocenters. The Morgan fingerprint density at radius 2 is 2.16 bits per heavy atom. The number of amides is 1. The number of rotatable bonds is 3. The molecule has 0 saturated carbocycles. The Morgan fingerprint density at radius 3 is 3.00 bits per heavy atom. The highest BCUT2D eigenvalue weighted by Crippen LogP contribution is 2.35. The summed E-state index contributed by atoms with van der Waals surface area (Å²) in [6, 6.07) is 12.2. The maximum atomic E-state index is 12.4. The molecule has 1 aliphatic heterocycles. The second-order valence-electron chi connectivity index (χ2n) is 4.08. The molecule has 2 nitrogen and oxygen atoms in total. The fourth-order valence-electron chi connectivity index (χ4n) is 1.98. The van der Waals surface area contributed by atoms with Gasteiger partial charge >= 0.3 is 0 Å². The molecule has 0 N–H and O–H groups in total. The lowest BCUT2D eigenvalue weighted by atomic mass is 10.3. The summed E-state index contributed by atoms with van der Waals surface area (Å²) in [4.78, 5) is 15.5. The van der Waals surface area contributed by atoms with Crippen molar-refractivity contribution < 1.29 is 4.79 Å². The number of hydrogen-bond acceptors (Lipinski definition) is 4. The summed E-state index contributed by atoms with van der Waals surface area (Å²) in [5, 5.41) is 2.04. The number of hydrogen-bond donors (Lipinski definition) is 0. The van der Waals surface area contributed by atoms with Gasteiger partial charge in [0.1, 0.15) is 0 Å². The second kappa shape index (κ2) is 6.03. The van der Waals surface area contributed by atoms with Gasteiger partial charge in [-0.1, -0.05) is 18.2 Å². The number of fused-ring (bicyclic) bond motifs is 1. The van der Waals surface area contributed by atoms with Gasteiger partial charge in [0.05, 0.1) is 15.6 Å². The summed E-state index contributed by atoms with van der Waals surface area (Å²) >= 11 is 5.14. The van der Waals surface area contributed by atoms with Gasteiger partial charge in [-0.15, -0.1) is 34.9 Å². The molecular weight excluding hydrogens is 294 g/mol. The third kappa shape index (κ3) is 2.99. The number of carbonyl (C=O) groups excluding carboxylic acids is 1. The average molecular weight is 307 g/mol. The molecule has 98 valence electrons. The molecule has 0 atom stereocenters. The minimum Gasteiger partial charge on any atom is -0.310 e. The number of carbonyl (C=O) groups is 1. The molecule has 19 heavy (non-hydrogen) atoms. The van der Waals surface area contributed by atoms with Crippen LogP contribution >= 0.6 is 34.9 Å². The first-order chi connectivity index (χ1) is 9.34. The highest BCUT2D eigenvalue weighted by Gasteiger charge is 2.22. The lowest BCUT2D eigenvalue weighted by Gasteiger charge is -2.28. The van der Waals surface area contributed by atoms with Crippen molar-refractivity contribution in [2.45, 2.75) is 9.10 Å². The van der Waals surface area contributed by atoms with Crippen LogP contribution in [0, 0.1) is 0 Å². The molecule has 0 spiro atoms. The Kier molecular flexibility index (Phi) is 4.15. The van der Waals surface area contributed by atoms with Crippen LogP contribution < -0.4 is 4.90 Å². The highest BCUT2D eigenvalue weighted by atomic mass is 32.2. The highest BCUT2D eigenvalue weighted by molar-refractivity contribution is 8.01. The van der Waals surface area contributed by atoms with E-state index in [0.717, 1.165) is 18.0 Å². The largest absolute Gasteiger partial charge is 0.310 e. The van der Waals surface area contributed by atoms with Crippen LogP contribution in [-0.4, -0.2) is 24.0 Å². The normalized spacial score (nSPS) is 14.2. The van der Waals surface area contributed by atoms with E-state index in [1.807, 2.05) is 46.3 Å². The Bertz CT molecular complexity index is 568. The van der Waals surface area contributed by atoms with Crippen molar-refractivity contribution >= 4 is 46.5 Å². The number of thiophene rings is 1. The average Bonchev–Trinajstić information content (AvgIpc) is 2.97. The molecule has 1 amide bonds. The lowest BCUT2D eigenvalue weighted by molar-refractivity contribution is -0.116. The van der Waals surface area contributed by atoms with Gasteiger partial charge in [0.15, 0.2) is 0 Å². The topological polar surface area (TPSA) is 20.3 Å².